The van der Waals surface area contributed by atoms with Crippen LogP contribution in [0.5, 0.6) is 0 Å². The first-order chi connectivity index (χ1) is 16.2. The summed E-state index contributed by atoms with van der Waals surface area (Å²) < 4.78 is 0. The molecule has 2 heteroatoms. The van der Waals surface area contributed by atoms with E-state index in [1.165, 1.54) is 148 Å². The summed E-state index contributed by atoms with van der Waals surface area (Å²) in [6.45, 7) is 10.6. The van der Waals surface area contributed by atoms with Gasteiger partial charge in [-0.3, -0.25) is 0 Å². The lowest BCUT2D eigenvalue weighted by molar-refractivity contribution is 0.114. The van der Waals surface area contributed by atoms with Crippen LogP contribution in [0.3, 0.4) is 0 Å². The van der Waals surface area contributed by atoms with Crippen LogP contribution < -0.4 is 0 Å². The van der Waals surface area contributed by atoms with Crippen molar-refractivity contribution in [1.29, 1.82) is 0 Å². The molecule has 0 aromatic rings. The second-order valence-electron chi connectivity index (χ2n) is 11.1. The molecule has 0 saturated carbocycles. The molecule has 196 valence electrons. The first-order valence-electron chi connectivity index (χ1n) is 15.4. The van der Waals surface area contributed by atoms with Gasteiger partial charge in [-0.05, 0) is 33.1 Å². The van der Waals surface area contributed by atoms with Gasteiger partial charge in [0.05, 0.1) is 0 Å². The Morgan fingerprint density at radius 3 is 1.33 bits per heavy atom. The summed E-state index contributed by atoms with van der Waals surface area (Å²) >= 11 is 0. The Morgan fingerprint density at radius 1 is 0.515 bits per heavy atom. The van der Waals surface area contributed by atoms with Crippen LogP contribution in [0.1, 0.15) is 169 Å². The van der Waals surface area contributed by atoms with E-state index in [1.807, 2.05) is 0 Å². The Bertz CT molecular complexity index is 431. The summed E-state index contributed by atoms with van der Waals surface area (Å²) in [5, 5.41) is 0. The minimum atomic E-state index is 0.608. The molecule has 1 unspecified atom stereocenters. The molecule has 2 nitrogen and oxygen atoms in total. The molecule has 0 fully saturated rings. The minimum absolute atomic E-state index is 0.608. The van der Waals surface area contributed by atoms with Crippen LogP contribution in [-0.2, 0) is 0 Å². The Labute approximate surface area is 210 Å². The monoisotopic (exact) mass is 462 g/mol. The SMILES string of the molecule is CCCCCCCCCCCCCCN1C=CN(C(C)C)C1CCCCCCCCCCC. The van der Waals surface area contributed by atoms with E-state index in [-0.39, 0.29) is 0 Å². The molecular formula is C31H62N2. The van der Waals surface area contributed by atoms with Gasteiger partial charge in [0.25, 0.3) is 0 Å². The van der Waals surface area contributed by atoms with Gasteiger partial charge in [-0.2, -0.15) is 0 Å². The second-order valence-corrected chi connectivity index (χ2v) is 11.1. The van der Waals surface area contributed by atoms with Crippen molar-refractivity contribution in [2.24, 2.45) is 0 Å². The van der Waals surface area contributed by atoms with E-state index in [0.717, 1.165) is 0 Å². The lowest BCUT2D eigenvalue weighted by Gasteiger charge is -2.35. The number of hydrogen-bond donors (Lipinski definition) is 0. The zero-order valence-electron chi connectivity index (χ0n) is 23.5. The third-order valence-corrected chi connectivity index (χ3v) is 7.59. The van der Waals surface area contributed by atoms with Gasteiger partial charge in [-0.25, -0.2) is 0 Å². The molecule has 33 heavy (non-hydrogen) atoms. The molecule has 1 aliphatic heterocycles. The van der Waals surface area contributed by atoms with Crippen molar-refractivity contribution in [1.82, 2.24) is 9.80 Å². The Kier molecular flexibility index (Phi) is 20.1. The Hall–Kier alpha value is -0.660. The number of hydrogen-bond acceptors (Lipinski definition) is 2. The molecule has 0 radical (unpaired) electrons. The average molecular weight is 463 g/mol. The van der Waals surface area contributed by atoms with Gasteiger partial charge in [-0.15, -0.1) is 0 Å². The topological polar surface area (TPSA) is 6.48 Å². The van der Waals surface area contributed by atoms with E-state index in [9.17, 15) is 0 Å². The smallest absolute Gasteiger partial charge is 0.101 e. The Balaban J connectivity index is 2.07. The van der Waals surface area contributed by atoms with Crippen LogP contribution in [0.2, 0.25) is 0 Å². The van der Waals surface area contributed by atoms with Crippen LogP contribution in [0, 0.1) is 0 Å². The summed E-state index contributed by atoms with van der Waals surface area (Å²) in [4.78, 5) is 5.26. The van der Waals surface area contributed by atoms with Gasteiger partial charge in [0, 0.05) is 25.0 Å². The van der Waals surface area contributed by atoms with Crippen LogP contribution in [0.4, 0.5) is 0 Å². The fourth-order valence-corrected chi connectivity index (χ4v) is 5.36. The van der Waals surface area contributed by atoms with Crippen molar-refractivity contribution in [3.63, 3.8) is 0 Å². The predicted octanol–water partition coefficient (Wildman–Crippen LogP) is 10.4. The third kappa shape index (κ3) is 15.8. The normalized spacial score (nSPS) is 16.0. The first-order valence-corrected chi connectivity index (χ1v) is 15.4. The lowest BCUT2D eigenvalue weighted by Crippen LogP contribution is -2.42. The van der Waals surface area contributed by atoms with Crippen LogP contribution in [-0.4, -0.2) is 28.6 Å². The highest BCUT2D eigenvalue weighted by Gasteiger charge is 2.26. The number of rotatable bonds is 24. The number of nitrogens with zero attached hydrogens (tertiary/aromatic N) is 2. The van der Waals surface area contributed by atoms with E-state index in [2.05, 4.69) is 49.9 Å². The lowest BCUT2D eigenvalue weighted by atomic mass is 10.0. The highest BCUT2D eigenvalue weighted by molar-refractivity contribution is 4.98. The molecule has 0 bridgehead atoms. The van der Waals surface area contributed by atoms with Crippen LogP contribution >= 0.6 is 0 Å². The highest BCUT2D eigenvalue weighted by atomic mass is 15.4. The molecule has 0 N–H and O–H groups in total. The molecule has 1 aliphatic rings. The van der Waals surface area contributed by atoms with Crippen molar-refractivity contribution in [2.75, 3.05) is 6.54 Å². The van der Waals surface area contributed by atoms with Gasteiger partial charge < -0.3 is 9.80 Å². The maximum atomic E-state index is 2.65. The zero-order valence-corrected chi connectivity index (χ0v) is 23.5. The van der Waals surface area contributed by atoms with Crippen molar-refractivity contribution >= 4 is 0 Å². The van der Waals surface area contributed by atoms with Crippen LogP contribution in [0.15, 0.2) is 12.4 Å². The standard InChI is InChI=1S/C31H62N2/c1-5-7-9-11-13-15-16-17-19-21-23-25-27-32-28-29-33(30(3)4)31(32)26-24-22-20-18-14-12-10-8-6-2/h28-31H,5-27H2,1-4H3. The first kappa shape index (κ1) is 30.4. The molecule has 0 aliphatic carbocycles. The van der Waals surface area contributed by atoms with Crippen molar-refractivity contribution in [3.8, 4) is 0 Å². The van der Waals surface area contributed by atoms with Gasteiger partial charge >= 0.3 is 0 Å². The summed E-state index contributed by atoms with van der Waals surface area (Å²) in [5.41, 5.74) is 0. The molecule has 0 spiro atoms. The molecule has 0 saturated heterocycles. The van der Waals surface area contributed by atoms with Gasteiger partial charge in [0.1, 0.15) is 6.17 Å². The zero-order chi connectivity index (χ0) is 24.0. The van der Waals surface area contributed by atoms with Gasteiger partial charge in [0.2, 0.25) is 0 Å². The third-order valence-electron chi connectivity index (χ3n) is 7.59. The predicted molar refractivity (Wildman–Crippen MR) is 150 cm³/mol. The van der Waals surface area contributed by atoms with Crippen LogP contribution in [0.25, 0.3) is 0 Å². The van der Waals surface area contributed by atoms with Crippen molar-refractivity contribution in [3.05, 3.63) is 12.4 Å². The average Bonchev–Trinajstić information content (AvgIpc) is 3.21. The number of unbranched alkanes of at least 4 members (excludes halogenated alkanes) is 19. The molecule has 1 rings (SSSR count). The summed E-state index contributed by atoms with van der Waals surface area (Å²) in [7, 11) is 0. The van der Waals surface area contributed by atoms with E-state index < -0.39 is 0 Å². The quantitative estimate of drug-likeness (QED) is 0.132. The largest absolute Gasteiger partial charge is 0.356 e. The molecular weight excluding hydrogens is 400 g/mol. The summed E-state index contributed by atoms with van der Waals surface area (Å²) in [6.07, 6.45) is 36.7. The Morgan fingerprint density at radius 2 is 0.909 bits per heavy atom. The molecule has 0 aromatic heterocycles. The second kappa shape index (κ2) is 21.8. The van der Waals surface area contributed by atoms with Crippen molar-refractivity contribution in [2.45, 2.75) is 181 Å². The van der Waals surface area contributed by atoms with E-state index in [0.29, 0.717) is 12.2 Å². The van der Waals surface area contributed by atoms with E-state index in [4.69, 9.17) is 0 Å². The molecule has 1 atom stereocenters. The minimum Gasteiger partial charge on any atom is -0.356 e. The maximum Gasteiger partial charge on any atom is 0.101 e. The van der Waals surface area contributed by atoms with Crippen molar-refractivity contribution < 1.29 is 0 Å². The highest BCUT2D eigenvalue weighted by Crippen LogP contribution is 2.25. The fourth-order valence-electron chi connectivity index (χ4n) is 5.36. The van der Waals surface area contributed by atoms with E-state index >= 15 is 0 Å². The maximum absolute atomic E-state index is 2.65. The van der Waals surface area contributed by atoms with E-state index in [1.54, 1.807) is 0 Å². The van der Waals surface area contributed by atoms with Gasteiger partial charge in [-0.1, -0.05) is 136 Å². The molecule has 0 aromatic carbocycles. The summed E-state index contributed by atoms with van der Waals surface area (Å²) in [5.74, 6) is 0. The summed E-state index contributed by atoms with van der Waals surface area (Å²) in [6, 6.07) is 0.608. The molecule has 1 heterocycles. The van der Waals surface area contributed by atoms with Gasteiger partial charge in [0.15, 0.2) is 0 Å². The molecule has 0 amide bonds. The fraction of sp³-hybridized carbons (Fsp3) is 0.935.